The Morgan fingerprint density at radius 1 is 1.12 bits per heavy atom. The lowest BCUT2D eigenvalue weighted by atomic mass is 9.72. The summed E-state index contributed by atoms with van der Waals surface area (Å²) in [6.45, 7) is 12.5. The zero-order valence-electron chi connectivity index (χ0n) is 28.9. The maximum absolute atomic E-state index is 14.4. The highest BCUT2D eigenvalue weighted by molar-refractivity contribution is 7.89. The fourth-order valence-electron chi connectivity index (χ4n) is 7.30. The second-order valence-electron chi connectivity index (χ2n) is 14.2. The number of piperidine rings is 1. The number of hydrogen-bond donors (Lipinski definition) is 1. The van der Waals surface area contributed by atoms with E-state index in [4.69, 9.17) is 9.47 Å². The van der Waals surface area contributed by atoms with Crippen LogP contribution in [-0.2, 0) is 21.8 Å². The number of nitrogens with one attached hydrogen (secondary N) is 1. The molecule has 3 fully saturated rings. The number of halogens is 1. The Hall–Kier alpha value is -3.66. The molecule has 2 atom stereocenters. The highest BCUT2D eigenvalue weighted by Crippen LogP contribution is 2.45. The summed E-state index contributed by atoms with van der Waals surface area (Å²) in [6, 6.07) is 3.61. The summed E-state index contributed by atoms with van der Waals surface area (Å²) in [6.07, 6.45) is 9.59. The van der Waals surface area contributed by atoms with Crippen molar-refractivity contribution in [1.29, 1.82) is 0 Å². The van der Waals surface area contributed by atoms with Gasteiger partial charge in [-0.05, 0) is 84.7 Å². The average molecular weight is 699 g/mol. The number of amides is 1. The summed E-state index contributed by atoms with van der Waals surface area (Å²) >= 11 is 0. The van der Waals surface area contributed by atoms with Gasteiger partial charge in [-0.15, -0.1) is 0 Å². The van der Waals surface area contributed by atoms with Crippen LogP contribution in [0.3, 0.4) is 0 Å². The zero-order valence-corrected chi connectivity index (χ0v) is 29.7. The number of sulfonamides is 1. The SMILES string of the molecule is CC(C)N(C(=O)c1cc(F)ccc1Oc1cncnc1N1CC2(CCN(C[C@@H]3CC[C@@H](NS(=O)(=O)c4cnn(C)c4)CO3)CC2)C1)C(C)C. The van der Waals surface area contributed by atoms with Crippen molar-refractivity contribution in [2.24, 2.45) is 12.5 Å². The molecule has 0 aliphatic carbocycles. The number of nitrogens with zero attached hydrogens (tertiary/aromatic N) is 7. The van der Waals surface area contributed by atoms with E-state index in [9.17, 15) is 17.6 Å². The molecule has 1 N–H and O–H groups in total. The van der Waals surface area contributed by atoms with Crippen LogP contribution < -0.4 is 14.4 Å². The second kappa shape index (κ2) is 14.3. The molecule has 5 heterocycles. The van der Waals surface area contributed by atoms with Crippen LogP contribution in [0.1, 0.15) is 63.7 Å². The van der Waals surface area contributed by atoms with E-state index in [1.807, 2.05) is 27.7 Å². The van der Waals surface area contributed by atoms with Gasteiger partial charge in [0.15, 0.2) is 11.6 Å². The molecule has 0 bridgehead atoms. The number of ether oxygens (including phenoxy) is 2. The summed E-state index contributed by atoms with van der Waals surface area (Å²) in [5.41, 5.74) is 0.335. The molecule has 6 rings (SSSR count). The minimum atomic E-state index is -3.63. The number of likely N-dealkylation sites (tertiary alicyclic amines) is 1. The number of benzene rings is 1. The molecule has 3 aliphatic rings. The van der Waals surface area contributed by atoms with Crippen LogP contribution >= 0.6 is 0 Å². The zero-order chi connectivity index (χ0) is 34.9. The Bertz CT molecular complexity index is 1720. The van der Waals surface area contributed by atoms with Crippen LogP contribution in [0.15, 0.2) is 48.0 Å². The third kappa shape index (κ3) is 7.89. The number of aromatic nitrogens is 4. The maximum Gasteiger partial charge on any atom is 0.258 e. The van der Waals surface area contributed by atoms with Crippen LogP contribution in [0.4, 0.5) is 10.2 Å². The van der Waals surface area contributed by atoms with Crippen molar-refractivity contribution in [1.82, 2.24) is 34.3 Å². The molecule has 13 nitrogen and oxygen atoms in total. The third-order valence-electron chi connectivity index (χ3n) is 9.81. The maximum atomic E-state index is 14.4. The van der Waals surface area contributed by atoms with Crippen molar-refractivity contribution in [3.8, 4) is 11.5 Å². The lowest BCUT2D eigenvalue weighted by Crippen LogP contribution is -2.61. The lowest BCUT2D eigenvalue weighted by Gasteiger charge is -2.54. The van der Waals surface area contributed by atoms with Gasteiger partial charge in [0.25, 0.3) is 5.91 Å². The Morgan fingerprint density at radius 3 is 2.49 bits per heavy atom. The van der Waals surface area contributed by atoms with Gasteiger partial charge in [-0.25, -0.2) is 27.5 Å². The number of carbonyl (C=O) groups is 1. The number of aryl methyl sites for hydroxylation is 1. The predicted molar refractivity (Wildman–Crippen MR) is 182 cm³/mol. The second-order valence-corrected chi connectivity index (χ2v) is 15.9. The van der Waals surface area contributed by atoms with Crippen LogP contribution in [0.2, 0.25) is 0 Å². The van der Waals surface area contributed by atoms with E-state index in [1.54, 1.807) is 18.1 Å². The highest BCUT2D eigenvalue weighted by Gasteiger charge is 2.46. The van der Waals surface area contributed by atoms with Gasteiger partial charge < -0.3 is 24.2 Å². The number of rotatable bonds is 11. The van der Waals surface area contributed by atoms with E-state index in [-0.39, 0.29) is 51.8 Å². The number of anilines is 1. The Morgan fingerprint density at radius 2 is 1.86 bits per heavy atom. The van der Waals surface area contributed by atoms with Crippen LogP contribution in [-0.4, -0.2) is 107 Å². The summed E-state index contributed by atoms with van der Waals surface area (Å²) in [7, 11) is -1.94. The van der Waals surface area contributed by atoms with Crippen molar-refractivity contribution < 1.29 is 27.1 Å². The molecule has 1 aromatic carbocycles. The van der Waals surface area contributed by atoms with Crippen LogP contribution in [0, 0.1) is 11.2 Å². The Labute approximate surface area is 287 Å². The molecule has 3 saturated heterocycles. The topological polar surface area (TPSA) is 135 Å². The first-order valence-corrected chi connectivity index (χ1v) is 18.5. The smallest absolute Gasteiger partial charge is 0.258 e. The molecule has 1 spiro atoms. The molecular weight excluding hydrogens is 651 g/mol. The van der Waals surface area contributed by atoms with Crippen LogP contribution in [0.5, 0.6) is 11.5 Å². The van der Waals surface area contributed by atoms with Crippen molar-refractivity contribution in [2.45, 2.75) is 82.5 Å². The normalized spacial score (nSPS) is 21.3. The van der Waals surface area contributed by atoms with Crippen molar-refractivity contribution in [3.63, 3.8) is 0 Å². The Balaban J connectivity index is 1.01. The fourth-order valence-corrected chi connectivity index (χ4v) is 8.53. The third-order valence-corrected chi connectivity index (χ3v) is 11.3. The van der Waals surface area contributed by atoms with E-state index in [0.29, 0.717) is 18.2 Å². The van der Waals surface area contributed by atoms with Crippen molar-refractivity contribution in [2.75, 3.05) is 44.2 Å². The van der Waals surface area contributed by atoms with Gasteiger partial charge in [0.05, 0.1) is 30.7 Å². The first-order valence-electron chi connectivity index (χ1n) is 17.0. The average Bonchev–Trinajstić information content (AvgIpc) is 3.49. The standard InChI is InChI=1S/C34H47FN8O5S/c1-23(2)43(24(3)4)33(44)29-14-25(35)6-9-30(29)48-31-16-36-22-37-32(31)42-20-34(21-42)10-12-41(13-11-34)17-27-8-7-26(19-47-27)39-49(45,46)28-15-38-40(5)18-28/h6,9,14-16,18,22-24,26-27,39H,7-8,10-13,17,19-21H2,1-5H3/t26-,27+/m1/s1. The minimum Gasteiger partial charge on any atom is -0.451 e. The summed E-state index contributed by atoms with van der Waals surface area (Å²) in [4.78, 5) is 28.8. The van der Waals surface area contributed by atoms with Gasteiger partial charge in [-0.2, -0.15) is 5.10 Å². The van der Waals surface area contributed by atoms with E-state index < -0.39 is 15.8 Å². The van der Waals surface area contributed by atoms with Gasteiger partial charge in [-0.1, -0.05) is 0 Å². The summed E-state index contributed by atoms with van der Waals surface area (Å²) < 4.78 is 56.3. The first kappa shape index (κ1) is 35.2. The van der Waals surface area contributed by atoms with Gasteiger partial charge in [0, 0.05) is 56.4 Å². The van der Waals surface area contributed by atoms with Crippen LogP contribution in [0.25, 0.3) is 0 Å². The highest BCUT2D eigenvalue weighted by atomic mass is 32.2. The van der Waals surface area contributed by atoms with Gasteiger partial charge in [-0.3, -0.25) is 9.48 Å². The molecular formula is C34H47FN8O5S. The minimum absolute atomic E-state index is 0.0720. The number of hydrogen-bond acceptors (Lipinski definition) is 10. The lowest BCUT2D eigenvalue weighted by molar-refractivity contribution is -0.0299. The molecule has 49 heavy (non-hydrogen) atoms. The molecule has 3 aliphatic heterocycles. The first-order chi connectivity index (χ1) is 23.3. The Kier molecular flexibility index (Phi) is 10.3. The molecule has 3 aromatic rings. The monoisotopic (exact) mass is 698 g/mol. The quantitative estimate of drug-likeness (QED) is 0.315. The van der Waals surface area contributed by atoms with E-state index in [2.05, 4.69) is 29.6 Å². The molecule has 0 radical (unpaired) electrons. The van der Waals surface area contributed by atoms with Crippen molar-refractivity contribution in [3.05, 3.63) is 54.5 Å². The summed E-state index contributed by atoms with van der Waals surface area (Å²) in [5, 5.41) is 3.96. The van der Waals surface area contributed by atoms with Crippen molar-refractivity contribution >= 4 is 21.7 Å². The number of carbonyl (C=O) groups excluding carboxylic acids is 1. The van der Waals surface area contributed by atoms with E-state index in [0.717, 1.165) is 58.4 Å². The largest absolute Gasteiger partial charge is 0.451 e. The molecule has 266 valence electrons. The molecule has 0 saturated carbocycles. The molecule has 1 amide bonds. The van der Waals surface area contributed by atoms with Gasteiger partial charge in [0.2, 0.25) is 10.0 Å². The molecule has 2 aromatic heterocycles. The van der Waals surface area contributed by atoms with Gasteiger partial charge in [0.1, 0.15) is 22.8 Å². The van der Waals surface area contributed by atoms with Gasteiger partial charge >= 0.3 is 0 Å². The van der Waals surface area contributed by atoms with E-state index >= 15 is 0 Å². The summed E-state index contributed by atoms with van der Waals surface area (Å²) in [5.74, 6) is 0.536. The predicted octanol–water partition coefficient (Wildman–Crippen LogP) is 3.83. The molecule has 0 unspecified atom stereocenters. The van der Waals surface area contributed by atoms with E-state index in [1.165, 1.54) is 41.6 Å². The fraction of sp³-hybridized carbons (Fsp3) is 0.588. The molecule has 15 heteroatoms.